The van der Waals surface area contributed by atoms with Crippen LogP contribution in [0.25, 0.3) is 22.3 Å². The van der Waals surface area contributed by atoms with Crippen molar-refractivity contribution in [2.75, 3.05) is 0 Å². The van der Waals surface area contributed by atoms with Crippen LogP contribution in [0.15, 0.2) is 71.7 Å². The van der Waals surface area contributed by atoms with Gasteiger partial charge in [0.25, 0.3) is 0 Å². The second-order valence-corrected chi connectivity index (χ2v) is 5.11. The molecule has 3 aromatic carbocycles. The summed E-state index contributed by atoms with van der Waals surface area (Å²) >= 11 is 4.45. The Balaban J connectivity index is 2.01. The predicted octanol–water partition coefficient (Wildman–Crippen LogP) is 6.03. The standard InChI is InChI=1S/C19H11F2NS/c20-17-10-16(22-12-23)11-18(21)19(17)15-8-6-14(7-9-15)13-4-2-1-3-5-13/h1-11H. The van der Waals surface area contributed by atoms with E-state index < -0.39 is 11.6 Å². The highest BCUT2D eigenvalue weighted by Gasteiger charge is 2.13. The third-order valence-corrected chi connectivity index (χ3v) is 3.57. The first kappa shape index (κ1) is 15.2. The number of thiocarbonyl (C=S) groups is 1. The SMILES string of the molecule is Fc1cc(N=C=S)cc(F)c1-c1ccc(-c2ccccc2)cc1. The van der Waals surface area contributed by atoms with Gasteiger partial charge < -0.3 is 0 Å². The molecule has 0 bridgehead atoms. The van der Waals surface area contributed by atoms with Crippen molar-refractivity contribution in [1.29, 1.82) is 0 Å². The normalized spacial score (nSPS) is 10.2. The maximum atomic E-state index is 14.2. The summed E-state index contributed by atoms with van der Waals surface area (Å²) in [6.45, 7) is 0. The van der Waals surface area contributed by atoms with E-state index >= 15 is 0 Å². The number of hydrogen-bond donors (Lipinski definition) is 0. The number of benzene rings is 3. The Kier molecular flexibility index (Phi) is 4.38. The average molecular weight is 323 g/mol. The monoisotopic (exact) mass is 323 g/mol. The lowest BCUT2D eigenvalue weighted by Crippen LogP contribution is -1.90. The molecule has 1 nitrogen and oxygen atoms in total. The van der Waals surface area contributed by atoms with Gasteiger partial charge in [0.2, 0.25) is 0 Å². The molecule has 3 rings (SSSR count). The highest BCUT2D eigenvalue weighted by Crippen LogP contribution is 2.31. The van der Waals surface area contributed by atoms with Crippen molar-refractivity contribution in [3.05, 3.63) is 78.4 Å². The van der Waals surface area contributed by atoms with Crippen LogP contribution in [0.3, 0.4) is 0 Å². The number of rotatable bonds is 3. The Bertz CT molecular complexity index is 860. The minimum Gasteiger partial charge on any atom is -0.206 e. The van der Waals surface area contributed by atoms with Crippen LogP contribution in [-0.4, -0.2) is 5.16 Å². The Morgan fingerprint density at radius 2 is 1.26 bits per heavy atom. The largest absolute Gasteiger partial charge is 0.206 e. The van der Waals surface area contributed by atoms with Crippen LogP contribution >= 0.6 is 12.2 Å². The van der Waals surface area contributed by atoms with Crippen LogP contribution in [-0.2, 0) is 0 Å². The van der Waals surface area contributed by atoms with E-state index in [0.717, 1.165) is 23.3 Å². The predicted molar refractivity (Wildman–Crippen MR) is 91.9 cm³/mol. The third kappa shape index (κ3) is 3.24. The third-order valence-electron chi connectivity index (χ3n) is 3.48. The molecule has 0 aliphatic heterocycles. The second-order valence-electron chi connectivity index (χ2n) is 4.93. The van der Waals surface area contributed by atoms with Crippen molar-refractivity contribution in [1.82, 2.24) is 0 Å². The van der Waals surface area contributed by atoms with Crippen LogP contribution in [0.2, 0.25) is 0 Å². The van der Waals surface area contributed by atoms with Crippen molar-refractivity contribution in [3.63, 3.8) is 0 Å². The van der Waals surface area contributed by atoms with Crippen LogP contribution in [0.1, 0.15) is 0 Å². The Hall–Kier alpha value is -2.68. The molecular weight excluding hydrogens is 312 g/mol. The van der Waals surface area contributed by atoms with Gasteiger partial charge in [0.05, 0.1) is 16.4 Å². The van der Waals surface area contributed by atoms with Gasteiger partial charge in [-0.25, -0.2) is 8.78 Å². The summed E-state index contributed by atoms with van der Waals surface area (Å²) in [6.07, 6.45) is 0. The first-order valence-corrected chi connectivity index (χ1v) is 7.32. The fraction of sp³-hybridized carbons (Fsp3) is 0. The topological polar surface area (TPSA) is 12.4 Å². The molecule has 0 saturated heterocycles. The van der Waals surface area contributed by atoms with Gasteiger partial charge in [-0.05, 0) is 28.9 Å². The molecule has 0 atom stereocenters. The average Bonchev–Trinajstić information content (AvgIpc) is 2.56. The van der Waals surface area contributed by atoms with Gasteiger partial charge in [-0.1, -0.05) is 54.6 Å². The molecule has 0 N–H and O–H groups in total. The van der Waals surface area contributed by atoms with Crippen LogP contribution < -0.4 is 0 Å². The Morgan fingerprint density at radius 1 is 0.739 bits per heavy atom. The van der Waals surface area contributed by atoms with E-state index in [1.54, 1.807) is 12.1 Å². The van der Waals surface area contributed by atoms with Crippen LogP contribution in [0, 0.1) is 11.6 Å². The number of isothiocyanates is 1. The van der Waals surface area contributed by atoms with Crippen molar-refractivity contribution in [2.45, 2.75) is 0 Å². The first-order chi connectivity index (χ1) is 11.2. The molecule has 23 heavy (non-hydrogen) atoms. The van der Waals surface area contributed by atoms with E-state index in [1.807, 2.05) is 42.5 Å². The second kappa shape index (κ2) is 6.61. The molecular formula is C19H11F2NS. The summed E-state index contributed by atoms with van der Waals surface area (Å²) in [5.41, 5.74) is 2.54. The summed E-state index contributed by atoms with van der Waals surface area (Å²) in [6, 6.07) is 19.1. The van der Waals surface area contributed by atoms with Gasteiger partial charge in [0.15, 0.2) is 0 Å². The minimum atomic E-state index is -0.679. The quantitative estimate of drug-likeness (QED) is 0.423. The van der Waals surface area contributed by atoms with Gasteiger partial charge in [0.1, 0.15) is 11.6 Å². The summed E-state index contributed by atoms with van der Waals surface area (Å²) < 4.78 is 28.4. The van der Waals surface area contributed by atoms with Gasteiger partial charge in [-0.3, -0.25) is 0 Å². The highest BCUT2D eigenvalue weighted by molar-refractivity contribution is 7.78. The number of nitrogens with zero attached hydrogens (tertiary/aromatic N) is 1. The summed E-state index contributed by atoms with van der Waals surface area (Å²) in [5.74, 6) is -1.36. The van der Waals surface area contributed by atoms with Crippen LogP contribution in [0.5, 0.6) is 0 Å². The van der Waals surface area contributed by atoms with E-state index in [4.69, 9.17) is 0 Å². The molecule has 0 saturated carbocycles. The fourth-order valence-corrected chi connectivity index (χ4v) is 2.52. The zero-order valence-corrected chi connectivity index (χ0v) is 12.8. The summed E-state index contributed by atoms with van der Waals surface area (Å²) in [7, 11) is 0. The van der Waals surface area contributed by atoms with E-state index in [-0.39, 0.29) is 11.3 Å². The van der Waals surface area contributed by atoms with E-state index in [2.05, 4.69) is 22.4 Å². The zero-order valence-electron chi connectivity index (χ0n) is 12.0. The molecule has 3 aromatic rings. The molecule has 0 fully saturated rings. The Morgan fingerprint density at radius 3 is 1.83 bits per heavy atom. The molecule has 0 unspecified atom stereocenters. The molecule has 0 radical (unpaired) electrons. The molecule has 112 valence electrons. The number of hydrogen-bond acceptors (Lipinski definition) is 2. The van der Waals surface area contributed by atoms with Crippen molar-refractivity contribution >= 4 is 23.1 Å². The lowest BCUT2D eigenvalue weighted by molar-refractivity contribution is 0.590. The first-order valence-electron chi connectivity index (χ1n) is 6.92. The van der Waals surface area contributed by atoms with E-state index in [9.17, 15) is 8.78 Å². The van der Waals surface area contributed by atoms with Gasteiger partial charge >= 0.3 is 0 Å². The number of halogens is 2. The van der Waals surface area contributed by atoms with Crippen molar-refractivity contribution < 1.29 is 8.78 Å². The minimum absolute atomic E-state index is 0.0760. The van der Waals surface area contributed by atoms with Crippen molar-refractivity contribution in [3.8, 4) is 22.3 Å². The fourth-order valence-electron chi connectivity index (χ4n) is 2.41. The maximum Gasteiger partial charge on any atom is 0.136 e. The number of aliphatic imine (C=N–C) groups is 1. The molecule has 0 heterocycles. The molecule has 0 aromatic heterocycles. The molecule has 4 heteroatoms. The van der Waals surface area contributed by atoms with Gasteiger partial charge in [-0.2, -0.15) is 4.99 Å². The van der Waals surface area contributed by atoms with Gasteiger partial charge in [0, 0.05) is 12.1 Å². The van der Waals surface area contributed by atoms with Gasteiger partial charge in [-0.15, -0.1) is 0 Å². The summed E-state index contributed by atoms with van der Waals surface area (Å²) in [5, 5.41) is 2.10. The molecule has 0 amide bonds. The van der Waals surface area contributed by atoms with E-state index in [1.165, 1.54) is 0 Å². The lowest BCUT2D eigenvalue weighted by atomic mass is 9.99. The molecule has 0 aliphatic carbocycles. The zero-order chi connectivity index (χ0) is 16.2. The van der Waals surface area contributed by atoms with Crippen molar-refractivity contribution in [2.24, 2.45) is 4.99 Å². The lowest BCUT2D eigenvalue weighted by Gasteiger charge is -2.08. The molecule has 0 aliphatic rings. The van der Waals surface area contributed by atoms with E-state index in [0.29, 0.717) is 5.56 Å². The highest BCUT2D eigenvalue weighted by atomic mass is 32.1. The Labute approximate surface area is 137 Å². The smallest absolute Gasteiger partial charge is 0.136 e. The maximum absolute atomic E-state index is 14.2. The summed E-state index contributed by atoms with van der Waals surface area (Å²) in [4.78, 5) is 3.60. The van der Waals surface area contributed by atoms with Crippen LogP contribution in [0.4, 0.5) is 14.5 Å². The molecule has 0 spiro atoms.